The second-order valence-electron chi connectivity index (χ2n) is 8.34. The Morgan fingerprint density at radius 2 is 1.90 bits per heavy atom. The highest BCUT2D eigenvalue weighted by molar-refractivity contribution is 5.97. The minimum Gasteiger partial charge on any atom is -0.497 e. The normalized spacial score (nSPS) is 18.1. The average molecular weight is 395 g/mol. The quantitative estimate of drug-likeness (QED) is 0.778. The Morgan fingerprint density at radius 3 is 2.62 bits per heavy atom. The fourth-order valence-corrected chi connectivity index (χ4v) is 4.80. The van der Waals surface area contributed by atoms with Gasteiger partial charge >= 0.3 is 0 Å². The van der Waals surface area contributed by atoms with Crippen LogP contribution in [0.3, 0.4) is 0 Å². The Labute approximate surface area is 173 Å². The van der Waals surface area contributed by atoms with Crippen LogP contribution in [0.4, 0.5) is 5.69 Å². The number of likely N-dealkylation sites (tertiary alicyclic amines) is 1. The van der Waals surface area contributed by atoms with Crippen molar-refractivity contribution in [2.45, 2.75) is 31.7 Å². The molecule has 1 spiro atoms. The molecule has 5 heteroatoms. The summed E-state index contributed by atoms with van der Waals surface area (Å²) in [6.07, 6.45) is 2.12. The topological polar surface area (TPSA) is 42.0 Å². The van der Waals surface area contributed by atoms with Gasteiger partial charge in [-0.2, -0.15) is 0 Å². The summed E-state index contributed by atoms with van der Waals surface area (Å²) < 4.78 is 10.5. The van der Waals surface area contributed by atoms with Gasteiger partial charge in [-0.1, -0.05) is 29.8 Å². The lowest BCUT2D eigenvalue weighted by Crippen LogP contribution is -2.46. The highest BCUT2D eigenvalue weighted by Gasteiger charge is 2.46. The predicted octanol–water partition coefficient (Wildman–Crippen LogP) is 3.53. The highest BCUT2D eigenvalue weighted by Crippen LogP contribution is 2.47. The van der Waals surface area contributed by atoms with Crippen LogP contribution in [0.1, 0.15) is 29.5 Å². The third kappa shape index (κ3) is 3.89. The Kier molecular flexibility index (Phi) is 5.61. The number of hydrogen-bond acceptors (Lipinski definition) is 4. The van der Waals surface area contributed by atoms with E-state index < -0.39 is 0 Å². The first-order valence-electron chi connectivity index (χ1n) is 10.3. The molecule has 2 heterocycles. The van der Waals surface area contributed by atoms with Crippen molar-refractivity contribution in [1.29, 1.82) is 0 Å². The number of carbonyl (C=O) groups is 1. The van der Waals surface area contributed by atoms with Gasteiger partial charge in [0.15, 0.2) is 0 Å². The Balaban J connectivity index is 1.51. The number of rotatable bonds is 5. The van der Waals surface area contributed by atoms with Crippen molar-refractivity contribution in [2.24, 2.45) is 0 Å². The number of amides is 1. The summed E-state index contributed by atoms with van der Waals surface area (Å²) in [6, 6.07) is 14.8. The van der Waals surface area contributed by atoms with E-state index in [-0.39, 0.29) is 17.9 Å². The number of carbonyl (C=O) groups excluding carboxylic acids is 1. The fraction of sp³-hybridized carbons (Fsp3) is 0.458. The predicted molar refractivity (Wildman–Crippen MR) is 115 cm³/mol. The third-order valence-electron chi connectivity index (χ3n) is 6.40. The van der Waals surface area contributed by atoms with E-state index in [1.165, 1.54) is 16.7 Å². The molecule has 0 aromatic heterocycles. The van der Waals surface area contributed by atoms with Gasteiger partial charge in [0, 0.05) is 31.3 Å². The lowest BCUT2D eigenvalue weighted by Gasteiger charge is -2.40. The first kappa shape index (κ1) is 19.9. The van der Waals surface area contributed by atoms with Crippen LogP contribution in [-0.2, 0) is 21.5 Å². The lowest BCUT2D eigenvalue weighted by molar-refractivity contribution is -0.122. The summed E-state index contributed by atoms with van der Waals surface area (Å²) in [7, 11) is 3.29. The molecule has 0 atom stereocenters. The maximum atomic E-state index is 12.7. The van der Waals surface area contributed by atoms with Gasteiger partial charge in [-0.05, 0) is 62.2 Å². The van der Waals surface area contributed by atoms with E-state index in [9.17, 15) is 4.79 Å². The van der Waals surface area contributed by atoms with Gasteiger partial charge in [-0.3, -0.25) is 9.69 Å². The smallest absolute Gasteiger partial charge is 0.252 e. The van der Waals surface area contributed by atoms with E-state index in [2.05, 4.69) is 48.2 Å². The van der Waals surface area contributed by atoms with Crippen molar-refractivity contribution in [2.75, 3.05) is 45.4 Å². The number of methoxy groups -OCH3 is 2. The summed E-state index contributed by atoms with van der Waals surface area (Å²) in [6.45, 7) is 6.01. The summed E-state index contributed by atoms with van der Waals surface area (Å²) in [5.74, 6) is 0.955. The Morgan fingerprint density at radius 1 is 1.10 bits per heavy atom. The second kappa shape index (κ2) is 8.17. The monoisotopic (exact) mass is 394 g/mol. The van der Waals surface area contributed by atoms with Crippen LogP contribution in [-0.4, -0.2) is 51.3 Å². The maximum absolute atomic E-state index is 12.7. The summed E-state index contributed by atoms with van der Waals surface area (Å²) in [5.41, 5.74) is 4.99. The molecule has 0 saturated carbocycles. The molecule has 0 bridgehead atoms. The van der Waals surface area contributed by atoms with Gasteiger partial charge in [0.25, 0.3) is 5.91 Å². The van der Waals surface area contributed by atoms with Crippen molar-refractivity contribution in [3.8, 4) is 5.75 Å². The van der Waals surface area contributed by atoms with Gasteiger partial charge in [0.1, 0.15) is 12.4 Å². The minimum atomic E-state index is 0.0493. The number of fused-ring (bicyclic) bond motifs is 2. The fourth-order valence-electron chi connectivity index (χ4n) is 4.80. The van der Waals surface area contributed by atoms with Crippen molar-refractivity contribution >= 4 is 11.6 Å². The molecule has 2 aromatic carbocycles. The molecule has 1 saturated heterocycles. The summed E-state index contributed by atoms with van der Waals surface area (Å²) in [4.78, 5) is 17.1. The largest absolute Gasteiger partial charge is 0.497 e. The number of hydrogen-bond donors (Lipinski definition) is 0. The first-order chi connectivity index (χ1) is 14.0. The van der Waals surface area contributed by atoms with Gasteiger partial charge in [0.05, 0.1) is 7.11 Å². The minimum absolute atomic E-state index is 0.0493. The number of benzene rings is 2. The van der Waals surface area contributed by atoms with Crippen molar-refractivity contribution in [3.05, 3.63) is 59.2 Å². The average Bonchev–Trinajstić information content (AvgIpc) is 3.04. The molecule has 5 nitrogen and oxygen atoms in total. The van der Waals surface area contributed by atoms with E-state index in [0.717, 1.165) is 50.5 Å². The van der Waals surface area contributed by atoms with Gasteiger partial charge < -0.3 is 14.4 Å². The standard InChI is InChI=1S/C24H30N2O3/c1-18-7-8-22-21(13-18)24(17-26(22)23(27)16-28-2)9-11-25(12-10-24)15-19-5-4-6-20(14-19)29-3/h4-8,13-14H,9-12,15-17H2,1-3H3. The van der Waals surface area contributed by atoms with Gasteiger partial charge in [0.2, 0.25) is 0 Å². The van der Waals surface area contributed by atoms with Gasteiger partial charge in [-0.25, -0.2) is 0 Å². The van der Waals surface area contributed by atoms with Crippen LogP contribution in [0.25, 0.3) is 0 Å². The molecule has 2 aromatic rings. The molecule has 154 valence electrons. The molecule has 0 radical (unpaired) electrons. The van der Waals surface area contributed by atoms with Crippen molar-refractivity contribution in [3.63, 3.8) is 0 Å². The third-order valence-corrected chi connectivity index (χ3v) is 6.40. The molecule has 2 aliphatic heterocycles. The zero-order valence-corrected chi connectivity index (χ0v) is 17.6. The molecule has 0 aliphatic carbocycles. The molecular weight excluding hydrogens is 364 g/mol. The van der Waals surface area contributed by atoms with Crippen LogP contribution in [0, 0.1) is 6.92 Å². The van der Waals surface area contributed by atoms with Crippen LogP contribution < -0.4 is 9.64 Å². The Hall–Kier alpha value is -2.37. The molecule has 1 fully saturated rings. The SMILES string of the molecule is COCC(=O)N1CC2(CCN(Cc3cccc(OC)c3)CC2)c2cc(C)ccc21. The van der Waals surface area contributed by atoms with Crippen LogP contribution in [0.5, 0.6) is 5.75 Å². The molecule has 1 amide bonds. The molecule has 4 rings (SSSR count). The van der Waals surface area contributed by atoms with Gasteiger partial charge in [-0.15, -0.1) is 0 Å². The van der Waals surface area contributed by atoms with E-state index in [1.54, 1.807) is 14.2 Å². The molecule has 0 N–H and O–H groups in total. The number of ether oxygens (including phenoxy) is 2. The van der Waals surface area contributed by atoms with E-state index >= 15 is 0 Å². The molecule has 2 aliphatic rings. The molecule has 29 heavy (non-hydrogen) atoms. The lowest BCUT2D eigenvalue weighted by atomic mass is 9.74. The van der Waals surface area contributed by atoms with Crippen molar-refractivity contribution in [1.82, 2.24) is 4.90 Å². The highest BCUT2D eigenvalue weighted by atomic mass is 16.5. The molecule has 0 unspecified atom stereocenters. The van der Waals surface area contributed by atoms with E-state index in [1.807, 2.05) is 11.0 Å². The van der Waals surface area contributed by atoms with Crippen LogP contribution >= 0.6 is 0 Å². The summed E-state index contributed by atoms with van der Waals surface area (Å²) in [5, 5.41) is 0. The van der Waals surface area contributed by atoms with Crippen molar-refractivity contribution < 1.29 is 14.3 Å². The van der Waals surface area contributed by atoms with Crippen LogP contribution in [0.15, 0.2) is 42.5 Å². The number of aryl methyl sites for hydroxylation is 1. The summed E-state index contributed by atoms with van der Waals surface area (Å²) >= 11 is 0. The number of nitrogens with zero attached hydrogens (tertiary/aromatic N) is 2. The second-order valence-corrected chi connectivity index (χ2v) is 8.34. The zero-order valence-electron chi connectivity index (χ0n) is 17.6. The zero-order chi connectivity index (χ0) is 20.4. The van der Waals surface area contributed by atoms with E-state index in [0.29, 0.717) is 0 Å². The maximum Gasteiger partial charge on any atom is 0.252 e. The Bertz CT molecular complexity index is 887. The first-order valence-corrected chi connectivity index (χ1v) is 10.3. The number of piperidine rings is 1. The van der Waals surface area contributed by atoms with Crippen LogP contribution in [0.2, 0.25) is 0 Å². The number of anilines is 1. The van der Waals surface area contributed by atoms with E-state index in [4.69, 9.17) is 9.47 Å². The molecular formula is C24H30N2O3.